The monoisotopic (exact) mass is 325 g/mol. The van der Waals surface area contributed by atoms with E-state index in [1.54, 1.807) is 0 Å². The van der Waals surface area contributed by atoms with Gasteiger partial charge in [-0.25, -0.2) is 8.78 Å². The van der Waals surface area contributed by atoms with Gasteiger partial charge in [-0.05, 0) is 42.7 Å². The summed E-state index contributed by atoms with van der Waals surface area (Å²) in [4.78, 5) is 0. The van der Waals surface area contributed by atoms with E-state index in [0.29, 0.717) is 5.56 Å². The van der Waals surface area contributed by atoms with Gasteiger partial charge in [0.15, 0.2) is 0 Å². The SMILES string of the molecule is Cc1cc(C(N)c2ccc(F)cc2F)c(C)cc1Br. The highest BCUT2D eigenvalue weighted by Gasteiger charge is 2.17. The minimum atomic E-state index is -0.618. The Bertz CT molecular complexity index is 626. The number of hydrogen-bond donors (Lipinski definition) is 1. The van der Waals surface area contributed by atoms with Gasteiger partial charge in [0.05, 0.1) is 6.04 Å². The van der Waals surface area contributed by atoms with Gasteiger partial charge in [-0.3, -0.25) is 0 Å². The lowest BCUT2D eigenvalue weighted by Crippen LogP contribution is -2.15. The molecule has 1 atom stereocenters. The highest BCUT2D eigenvalue weighted by Crippen LogP contribution is 2.29. The standard InChI is InChI=1S/C15H14BrF2N/c1-8-6-13(16)9(2)5-12(8)15(19)11-4-3-10(17)7-14(11)18/h3-7,15H,19H2,1-2H3. The fraction of sp³-hybridized carbons (Fsp3) is 0.200. The van der Waals surface area contributed by atoms with Gasteiger partial charge in [0, 0.05) is 16.1 Å². The Morgan fingerprint density at radius 1 is 1.00 bits per heavy atom. The number of halogens is 3. The summed E-state index contributed by atoms with van der Waals surface area (Å²) in [5, 5.41) is 0. The normalized spacial score (nSPS) is 12.5. The van der Waals surface area contributed by atoms with E-state index in [9.17, 15) is 8.78 Å². The van der Waals surface area contributed by atoms with Crippen LogP contribution < -0.4 is 5.73 Å². The Balaban J connectivity index is 2.49. The van der Waals surface area contributed by atoms with Crippen LogP contribution in [0.2, 0.25) is 0 Å². The molecule has 1 unspecified atom stereocenters. The van der Waals surface area contributed by atoms with E-state index in [0.717, 1.165) is 27.2 Å². The molecule has 0 saturated heterocycles. The molecule has 0 aliphatic rings. The summed E-state index contributed by atoms with van der Waals surface area (Å²) >= 11 is 3.45. The molecule has 0 bridgehead atoms. The Morgan fingerprint density at radius 3 is 2.32 bits per heavy atom. The van der Waals surface area contributed by atoms with Gasteiger partial charge in [0.2, 0.25) is 0 Å². The molecule has 0 amide bonds. The van der Waals surface area contributed by atoms with Gasteiger partial charge in [-0.15, -0.1) is 0 Å². The van der Waals surface area contributed by atoms with Crippen LogP contribution in [0.25, 0.3) is 0 Å². The fourth-order valence-electron chi connectivity index (χ4n) is 2.06. The molecule has 2 N–H and O–H groups in total. The molecule has 19 heavy (non-hydrogen) atoms. The number of nitrogens with two attached hydrogens (primary N) is 1. The lowest BCUT2D eigenvalue weighted by Gasteiger charge is -2.17. The summed E-state index contributed by atoms with van der Waals surface area (Å²) < 4.78 is 27.7. The highest BCUT2D eigenvalue weighted by atomic mass is 79.9. The van der Waals surface area contributed by atoms with Crippen molar-refractivity contribution in [2.45, 2.75) is 19.9 Å². The predicted octanol–water partition coefficient (Wildman–Crippen LogP) is 4.39. The number of aryl methyl sites for hydroxylation is 2. The third kappa shape index (κ3) is 2.85. The van der Waals surface area contributed by atoms with Gasteiger partial charge >= 0.3 is 0 Å². The van der Waals surface area contributed by atoms with Gasteiger partial charge < -0.3 is 5.73 Å². The average Bonchev–Trinajstić information content (AvgIpc) is 2.33. The summed E-state index contributed by atoms with van der Waals surface area (Å²) in [6.45, 7) is 3.86. The molecule has 0 aliphatic heterocycles. The quantitative estimate of drug-likeness (QED) is 0.870. The van der Waals surface area contributed by atoms with Gasteiger partial charge in [0.25, 0.3) is 0 Å². The smallest absolute Gasteiger partial charge is 0.131 e. The van der Waals surface area contributed by atoms with Gasteiger partial charge in [0.1, 0.15) is 11.6 Å². The Hall–Kier alpha value is -1.26. The maximum atomic E-state index is 13.8. The summed E-state index contributed by atoms with van der Waals surface area (Å²) in [6.07, 6.45) is 0. The zero-order valence-corrected chi connectivity index (χ0v) is 12.3. The molecule has 0 saturated carbocycles. The van der Waals surface area contributed by atoms with Crippen molar-refractivity contribution in [3.8, 4) is 0 Å². The summed E-state index contributed by atoms with van der Waals surface area (Å²) in [5.41, 5.74) is 9.24. The summed E-state index contributed by atoms with van der Waals surface area (Å²) in [7, 11) is 0. The van der Waals surface area contributed by atoms with E-state index in [4.69, 9.17) is 5.73 Å². The maximum Gasteiger partial charge on any atom is 0.131 e. The molecule has 4 heteroatoms. The predicted molar refractivity (Wildman–Crippen MR) is 76.0 cm³/mol. The molecule has 2 rings (SSSR count). The van der Waals surface area contributed by atoms with E-state index in [2.05, 4.69) is 15.9 Å². The molecule has 0 spiro atoms. The van der Waals surface area contributed by atoms with Crippen molar-refractivity contribution in [3.05, 3.63) is 68.7 Å². The van der Waals surface area contributed by atoms with E-state index >= 15 is 0 Å². The second kappa shape index (κ2) is 5.39. The molecule has 0 heterocycles. The molecule has 0 aliphatic carbocycles. The van der Waals surface area contributed by atoms with Crippen LogP contribution in [0.4, 0.5) is 8.78 Å². The topological polar surface area (TPSA) is 26.0 Å². The molecule has 0 radical (unpaired) electrons. The first-order valence-electron chi connectivity index (χ1n) is 5.87. The van der Waals surface area contributed by atoms with Gasteiger partial charge in [-0.2, -0.15) is 0 Å². The van der Waals surface area contributed by atoms with E-state index < -0.39 is 17.7 Å². The van der Waals surface area contributed by atoms with E-state index in [-0.39, 0.29) is 0 Å². The first-order valence-corrected chi connectivity index (χ1v) is 6.66. The molecule has 1 nitrogen and oxygen atoms in total. The van der Waals surface area contributed by atoms with Crippen molar-refractivity contribution in [1.82, 2.24) is 0 Å². The second-order valence-corrected chi connectivity index (χ2v) is 5.46. The largest absolute Gasteiger partial charge is 0.320 e. The third-order valence-corrected chi connectivity index (χ3v) is 4.03. The van der Waals surface area contributed by atoms with Crippen LogP contribution in [0.15, 0.2) is 34.8 Å². The maximum absolute atomic E-state index is 13.8. The molecule has 2 aromatic carbocycles. The average molecular weight is 326 g/mol. The zero-order chi connectivity index (χ0) is 14.2. The minimum Gasteiger partial charge on any atom is -0.320 e. The Kier molecular flexibility index (Phi) is 4.02. The van der Waals surface area contributed by atoms with Crippen molar-refractivity contribution in [2.24, 2.45) is 5.73 Å². The van der Waals surface area contributed by atoms with Crippen LogP contribution in [-0.2, 0) is 0 Å². The van der Waals surface area contributed by atoms with Crippen molar-refractivity contribution < 1.29 is 8.78 Å². The molecular weight excluding hydrogens is 312 g/mol. The highest BCUT2D eigenvalue weighted by molar-refractivity contribution is 9.10. The number of benzene rings is 2. The second-order valence-electron chi connectivity index (χ2n) is 4.60. The summed E-state index contributed by atoms with van der Waals surface area (Å²) in [6, 6.07) is 6.74. The molecule has 100 valence electrons. The molecule has 2 aromatic rings. The van der Waals surface area contributed by atoms with Crippen LogP contribution in [0, 0.1) is 25.5 Å². The zero-order valence-electron chi connectivity index (χ0n) is 10.7. The Labute approximate surface area is 119 Å². The van der Waals surface area contributed by atoms with Crippen LogP contribution in [-0.4, -0.2) is 0 Å². The van der Waals surface area contributed by atoms with Crippen molar-refractivity contribution in [2.75, 3.05) is 0 Å². The van der Waals surface area contributed by atoms with E-state index in [1.807, 2.05) is 26.0 Å². The van der Waals surface area contributed by atoms with E-state index in [1.165, 1.54) is 12.1 Å². The summed E-state index contributed by atoms with van der Waals surface area (Å²) in [5.74, 6) is -1.22. The van der Waals surface area contributed by atoms with Crippen molar-refractivity contribution in [3.63, 3.8) is 0 Å². The van der Waals surface area contributed by atoms with Crippen LogP contribution in [0.5, 0.6) is 0 Å². The van der Waals surface area contributed by atoms with Crippen LogP contribution in [0.3, 0.4) is 0 Å². The van der Waals surface area contributed by atoms with Crippen LogP contribution >= 0.6 is 15.9 Å². The number of rotatable bonds is 2. The fourth-order valence-corrected chi connectivity index (χ4v) is 2.52. The molecular formula is C15H14BrF2N. The minimum absolute atomic E-state index is 0.297. The molecule has 0 fully saturated rings. The van der Waals surface area contributed by atoms with Crippen molar-refractivity contribution >= 4 is 15.9 Å². The lowest BCUT2D eigenvalue weighted by atomic mass is 9.94. The Morgan fingerprint density at radius 2 is 1.68 bits per heavy atom. The first kappa shape index (κ1) is 14.2. The van der Waals surface area contributed by atoms with Crippen molar-refractivity contribution in [1.29, 1.82) is 0 Å². The third-order valence-electron chi connectivity index (χ3n) is 3.18. The van der Waals surface area contributed by atoms with Crippen LogP contribution in [0.1, 0.15) is 28.3 Å². The number of hydrogen-bond acceptors (Lipinski definition) is 1. The first-order chi connectivity index (χ1) is 8.90. The van der Waals surface area contributed by atoms with Gasteiger partial charge in [-0.1, -0.05) is 28.1 Å². The molecule has 0 aromatic heterocycles. The lowest BCUT2D eigenvalue weighted by molar-refractivity contribution is 0.565.